The average molecular weight is 155 g/mol. The van der Waals surface area contributed by atoms with Gasteiger partial charge in [0.25, 0.3) is 0 Å². The standard InChI is InChI=1S/C7H13N3O/c1-8-4-6-5-9-10(2)7(6)11-3/h5,8H,4H2,1-3H3. The molecule has 0 saturated carbocycles. The van der Waals surface area contributed by atoms with E-state index in [2.05, 4.69) is 10.4 Å². The molecule has 0 spiro atoms. The lowest BCUT2D eigenvalue weighted by molar-refractivity contribution is 0.368. The first-order chi connectivity index (χ1) is 5.29. The van der Waals surface area contributed by atoms with Crippen LogP contribution in [0.15, 0.2) is 6.20 Å². The summed E-state index contributed by atoms with van der Waals surface area (Å²) in [5.41, 5.74) is 1.08. The molecule has 11 heavy (non-hydrogen) atoms. The predicted molar refractivity (Wildman–Crippen MR) is 42.5 cm³/mol. The van der Waals surface area contributed by atoms with Crippen LogP contribution in [0.25, 0.3) is 0 Å². The van der Waals surface area contributed by atoms with Crippen LogP contribution in [0.3, 0.4) is 0 Å². The fourth-order valence-electron chi connectivity index (χ4n) is 1.05. The lowest BCUT2D eigenvalue weighted by Crippen LogP contribution is -2.06. The van der Waals surface area contributed by atoms with Crippen molar-refractivity contribution in [3.63, 3.8) is 0 Å². The van der Waals surface area contributed by atoms with Crippen molar-refractivity contribution in [2.45, 2.75) is 6.54 Å². The Morgan fingerprint density at radius 3 is 3.00 bits per heavy atom. The molecule has 1 aromatic rings. The Morgan fingerprint density at radius 1 is 1.73 bits per heavy atom. The van der Waals surface area contributed by atoms with Crippen molar-refractivity contribution in [2.24, 2.45) is 7.05 Å². The van der Waals surface area contributed by atoms with E-state index in [1.165, 1.54) is 0 Å². The van der Waals surface area contributed by atoms with Gasteiger partial charge in [-0.25, -0.2) is 4.68 Å². The minimum Gasteiger partial charge on any atom is -0.481 e. The molecule has 0 aromatic carbocycles. The first-order valence-corrected chi connectivity index (χ1v) is 3.49. The zero-order chi connectivity index (χ0) is 8.27. The summed E-state index contributed by atoms with van der Waals surface area (Å²) in [5, 5.41) is 7.10. The SMILES string of the molecule is CNCc1cnn(C)c1OC. The van der Waals surface area contributed by atoms with E-state index in [1.54, 1.807) is 18.0 Å². The molecule has 4 heteroatoms. The molecule has 4 nitrogen and oxygen atoms in total. The van der Waals surface area contributed by atoms with Gasteiger partial charge in [0.1, 0.15) is 0 Å². The van der Waals surface area contributed by atoms with Crippen LogP contribution in [0.1, 0.15) is 5.56 Å². The van der Waals surface area contributed by atoms with E-state index in [-0.39, 0.29) is 0 Å². The van der Waals surface area contributed by atoms with Gasteiger partial charge in [-0.3, -0.25) is 0 Å². The van der Waals surface area contributed by atoms with Crippen LogP contribution in [-0.4, -0.2) is 23.9 Å². The highest BCUT2D eigenvalue weighted by Crippen LogP contribution is 2.15. The molecule has 0 bridgehead atoms. The monoisotopic (exact) mass is 155 g/mol. The van der Waals surface area contributed by atoms with Gasteiger partial charge in [0, 0.05) is 19.2 Å². The van der Waals surface area contributed by atoms with Gasteiger partial charge >= 0.3 is 0 Å². The molecule has 1 aromatic heterocycles. The maximum absolute atomic E-state index is 5.13. The molecule has 0 saturated heterocycles. The molecule has 0 aliphatic rings. The molecule has 0 amide bonds. The third-order valence-electron chi connectivity index (χ3n) is 1.52. The van der Waals surface area contributed by atoms with E-state index in [0.717, 1.165) is 18.0 Å². The molecule has 0 fully saturated rings. The van der Waals surface area contributed by atoms with Crippen LogP contribution < -0.4 is 10.1 Å². The Balaban J connectivity index is 2.86. The molecule has 62 valence electrons. The third-order valence-corrected chi connectivity index (χ3v) is 1.52. The maximum Gasteiger partial charge on any atom is 0.215 e. The van der Waals surface area contributed by atoms with Crippen molar-refractivity contribution in [2.75, 3.05) is 14.2 Å². The molecular weight excluding hydrogens is 142 g/mol. The van der Waals surface area contributed by atoms with Crippen molar-refractivity contribution in [3.05, 3.63) is 11.8 Å². The average Bonchev–Trinajstić information content (AvgIpc) is 2.33. The predicted octanol–water partition coefficient (Wildman–Crippen LogP) is 0.148. The van der Waals surface area contributed by atoms with Crippen molar-refractivity contribution in [1.82, 2.24) is 15.1 Å². The molecular formula is C7H13N3O. The van der Waals surface area contributed by atoms with Gasteiger partial charge in [-0.2, -0.15) is 5.10 Å². The van der Waals surface area contributed by atoms with Crippen molar-refractivity contribution < 1.29 is 4.74 Å². The fraction of sp³-hybridized carbons (Fsp3) is 0.571. The van der Waals surface area contributed by atoms with Gasteiger partial charge in [-0.1, -0.05) is 0 Å². The minimum atomic E-state index is 0.789. The number of rotatable bonds is 3. The van der Waals surface area contributed by atoms with Gasteiger partial charge < -0.3 is 10.1 Å². The van der Waals surface area contributed by atoms with Crippen LogP contribution in [0.4, 0.5) is 0 Å². The molecule has 1 heterocycles. The lowest BCUT2D eigenvalue weighted by Gasteiger charge is -2.02. The summed E-state index contributed by atoms with van der Waals surface area (Å²) >= 11 is 0. The third kappa shape index (κ3) is 1.51. The van der Waals surface area contributed by atoms with Gasteiger partial charge in [-0.15, -0.1) is 0 Å². The van der Waals surface area contributed by atoms with Crippen LogP contribution in [0, 0.1) is 0 Å². The van der Waals surface area contributed by atoms with Gasteiger partial charge in [0.2, 0.25) is 5.88 Å². The smallest absolute Gasteiger partial charge is 0.215 e. The van der Waals surface area contributed by atoms with Crippen molar-refractivity contribution in [3.8, 4) is 5.88 Å². The highest BCUT2D eigenvalue weighted by molar-refractivity contribution is 5.23. The number of nitrogens with zero attached hydrogens (tertiary/aromatic N) is 2. The maximum atomic E-state index is 5.13. The molecule has 0 radical (unpaired) electrons. The van der Waals surface area contributed by atoms with E-state index >= 15 is 0 Å². The normalized spacial score (nSPS) is 10.1. The van der Waals surface area contributed by atoms with Gasteiger partial charge in [-0.05, 0) is 7.05 Å². The Morgan fingerprint density at radius 2 is 2.45 bits per heavy atom. The number of hydrogen-bond acceptors (Lipinski definition) is 3. The summed E-state index contributed by atoms with van der Waals surface area (Å²) in [6.45, 7) is 0.789. The second-order valence-corrected chi connectivity index (χ2v) is 2.33. The van der Waals surface area contributed by atoms with E-state index in [0.29, 0.717) is 0 Å². The Labute approximate surface area is 66.2 Å². The zero-order valence-electron chi connectivity index (χ0n) is 7.09. The second-order valence-electron chi connectivity index (χ2n) is 2.33. The molecule has 0 atom stereocenters. The summed E-state index contributed by atoms with van der Waals surface area (Å²) in [6.07, 6.45) is 1.80. The number of methoxy groups -OCH3 is 1. The number of ether oxygens (including phenoxy) is 1. The summed E-state index contributed by atoms with van der Waals surface area (Å²) in [4.78, 5) is 0. The Kier molecular flexibility index (Phi) is 2.48. The number of aryl methyl sites for hydroxylation is 1. The Bertz CT molecular complexity index is 232. The quantitative estimate of drug-likeness (QED) is 0.675. The summed E-state index contributed by atoms with van der Waals surface area (Å²) in [5.74, 6) is 0.819. The first-order valence-electron chi connectivity index (χ1n) is 3.49. The second kappa shape index (κ2) is 3.39. The topological polar surface area (TPSA) is 39.1 Å². The Hall–Kier alpha value is -1.03. The zero-order valence-corrected chi connectivity index (χ0v) is 7.09. The molecule has 0 aliphatic heterocycles. The largest absolute Gasteiger partial charge is 0.481 e. The summed E-state index contributed by atoms with van der Waals surface area (Å²) in [6, 6.07) is 0. The van der Waals surface area contributed by atoms with E-state index in [1.807, 2.05) is 14.1 Å². The molecule has 0 aliphatic carbocycles. The van der Waals surface area contributed by atoms with E-state index in [9.17, 15) is 0 Å². The van der Waals surface area contributed by atoms with Crippen molar-refractivity contribution in [1.29, 1.82) is 0 Å². The fourth-order valence-corrected chi connectivity index (χ4v) is 1.05. The van der Waals surface area contributed by atoms with Crippen LogP contribution in [-0.2, 0) is 13.6 Å². The molecule has 1 N–H and O–H groups in total. The van der Waals surface area contributed by atoms with Crippen LogP contribution >= 0.6 is 0 Å². The van der Waals surface area contributed by atoms with Crippen LogP contribution in [0.5, 0.6) is 5.88 Å². The van der Waals surface area contributed by atoms with E-state index in [4.69, 9.17) is 4.74 Å². The molecule has 1 rings (SSSR count). The summed E-state index contributed by atoms with van der Waals surface area (Å²) < 4.78 is 6.84. The number of aromatic nitrogens is 2. The molecule has 0 unspecified atom stereocenters. The summed E-state index contributed by atoms with van der Waals surface area (Å²) in [7, 11) is 5.40. The highest BCUT2D eigenvalue weighted by Gasteiger charge is 2.05. The minimum absolute atomic E-state index is 0.789. The first kappa shape index (κ1) is 8.07. The van der Waals surface area contributed by atoms with Gasteiger partial charge in [0.05, 0.1) is 13.3 Å². The number of hydrogen-bond donors (Lipinski definition) is 1. The van der Waals surface area contributed by atoms with E-state index < -0.39 is 0 Å². The lowest BCUT2D eigenvalue weighted by atomic mass is 10.3. The van der Waals surface area contributed by atoms with Gasteiger partial charge in [0.15, 0.2) is 0 Å². The van der Waals surface area contributed by atoms with Crippen LogP contribution in [0.2, 0.25) is 0 Å². The number of nitrogens with one attached hydrogen (secondary N) is 1. The highest BCUT2D eigenvalue weighted by atomic mass is 16.5. The van der Waals surface area contributed by atoms with Crippen molar-refractivity contribution >= 4 is 0 Å².